The zero-order valence-corrected chi connectivity index (χ0v) is 24.1. The van der Waals surface area contributed by atoms with E-state index in [0.717, 1.165) is 64.2 Å². The largest absolute Gasteiger partial charge is 0.481 e. The summed E-state index contributed by atoms with van der Waals surface area (Å²) in [7, 11) is 0. The summed E-state index contributed by atoms with van der Waals surface area (Å²) in [5, 5.41) is 18.1. The molecule has 0 amide bonds. The SMILES string of the molecule is CCCCCCCCCCCCCCCCCCCCC(CCCCCCCCCC(=O)O)C(=O)O. The lowest BCUT2D eigenvalue weighted by Gasteiger charge is -2.12. The van der Waals surface area contributed by atoms with E-state index < -0.39 is 11.9 Å². The first-order chi connectivity index (χ1) is 17.6. The molecule has 0 aromatic rings. The van der Waals surface area contributed by atoms with Crippen LogP contribution in [-0.4, -0.2) is 22.2 Å². The summed E-state index contributed by atoms with van der Waals surface area (Å²) in [4.78, 5) is 22.0. The van der Waals surface area contributed by atoms with Gasteiger partial charge in [-0.25, -0.2) is 0 Å². The van der Waals surface area contributed by atoms with Gasteiger partial charge in [-0.1, -0.05) is 161 Å². The monoisotopic (exact) mass is 510 g/mol. The fourth-order valence-electron chi connectivity index (χ4n) is 5.23. The summed E-state index contributed by atoms with van der Waals surface area (Å²) in [5.74, 6) is -1.48. The highest BCUT2D eigenvalue weighted by Crippen LogP contribution is 2.20. The van der Waals surface area contributed by atoms with E-state index in [1.165, 1.54) is 109 Å². The molecule has 0 aromatic heterocycles. The van der Waals surface area contributed by atoms with Crippen LogP contribution in [0.1, 0.15) is 187 Å². The number of carboxylic acids is 2. The van der Waals surface area contributed by atoms with Crippen LogP contribution in [0.3, 0.4) is 0 Å². The molecule has 0 aliphatic carbocycles. The van der Waals surface area contributed by atoms with Crippen LogP contribution in [-0.2, 0) is 9.59 Å². The lowest BCUT2D eigenvalue weighted by atomic mass is 9.94. The number of unbranched alkanes of at least 4 members (excludes halogenated alkanes) is 23. The van der Waals surface area contributed by atoms with Gasteiger partial charge in [-0.15, -0.1) is 0 Å². The molecular formula is C32H62O4. The van der Waals surface area contributed by atoms with Crippen molar-refractivity contribution >= 4 is 11.9 Å². The van der Waals surface area contributed by atoms with E-state index in [2.05, 4.69) is 6.92 Å². The van der Waals surface area contributed by atoms with Gasteiger partial charge in [0.2, 0.25) is 0 Å². The Hall–Kier alpha value is -1.06. The van der Waals surface area contributed by atoms with Crippen molar-refractivity contribution in [3.63, 3.8) is 0 Å². The zero-order valence-electron chi connectivity index (χ0n) is 24.1. The van der Waals surface area contributed by atoms with Crippen LogP contribution in [0.2, 0.25) is 0 Å². The van der Waals surface area contributed by atoms with Gasteiger partial charge in [0.05, 0.1) is 5.92 Å². The lowest BCUT2D eigenvalue weighted by Crippen LogP contribution is -2.13. The molecule has 0 aromatic carbocycles. The van der Waals surface area contributed by atoms with Gasteiger partial charge in [-0.2, -0.15) is 0 Å². The molecule has 0 aliphatic rings. The van der Waals surface area contributed by atoms with E-state index in [0.29, 0.717) is 0 Å². The highest BCUT2D eigenvalue weighted by atomic mass is 16.4. The first-order valence-corrected chi connectivity index (χ1v) is 16.0. The van der Waals surface area contributed by atoms with Crippen molar-refractivity contribution in [1.82, 2.24) is 0 Å². The van der Waals surface area contributed by atoms with Gasteiger partial charge >= 0.3 is 11.9 Å². The van der Waals surface area contributed by atoms with Gasteiger partial charge in [0.15, 0.2) is 0 Å². The second-order valence-corrected chi connectivity index (χ2v) is 11.2. The molecule has 4 heteroatoms. The Balaban J connectivity index is 3.38. The topological polar surface area (TPSA) is 74.6 Å². The van der Waals surface area contributed by atoms with Crippen molar-refractivity contribution in [2.45, 2.75) is 187 Å². The maximum atomic E-state index is 11.6. The summed E-state index contributed by atoms with van der Waals surface area (Å²) in [5.41, 5.74) is 0. The average Bonchev–Trinajstić information content (AvgIpc) is 2.85. The molecule has 4 nitrogen and oxygen atoms in total. The van der Waals surface area contributed by atoms with Crippen molar-refractivity contribution in [1.29, 1.82) is 0 Å². The molecule has 0 bridgehead atoms. The Morgan fingerprint density at radius 2 is 0.722 bits per heavy atom. The Morgan fingerprint density at radius 1 is 0.444 bits per heavy atom. The molecule has 0 heterocycles. The molecular weight excluding hydrogens is 448 g/mol. The molecule has 1 unspecified atom stereocenters. The Morgan fingerprint density at radius 3 is 1.00 bits per heavy atom. The van der Waals surface area contributed by atoms with Crippen molar-refractivity contribution in [3.8, 4) is 0 Å². The van der Waals surface area contributed by atoms with Crippen LogP contribution >= 0.6 is 0 Å². The molecule has 0 spiro atoms. The van der Waals surface area contributed by atoms with E-state index in [1.54, 1.807) is 0 Å². The van der Waals surface area contributed by atoms with Gasteiger partial charge < -0.3 is 10.2 Å². The standard InChI is InChI=1S/C32H62O4/c1-2-3-4-5-6-7-8-9-10-11-12-13-14-15-16-18-21-24-27-30(32(35)36)28-25-22-19-17-20-23-26-29-31(33)34/h30H,2-29H2,1H3,(H,33,34)(H,35,36). The van der Waals surface area contributed by atoms with Crippen LogP contribution in [0.4, 0.5) is 0 Å². The Labute approximate surface area is 224 Å². The summed E-state index contributed by atoms with van der Waals surface area (Å²) in [6, 6.07) is 0. The maximum absolute atomic E-state index is 11.6. The van der Waals surface area contributed by atoms with Crippen molar-refractivity contribution in [3.05, 3.63) is 0 Å². The molecule has 0 fully saturated rings. The number of hydrogen-bond acceptors (Lipinski definition) is 2. The van der Waals surface area contributed by atoms with E-state index >= 15 is 0 Å². The molecule has 2 N–H and O–H groups in total. The van der Waals surface area contributed by atoms with Gasteiger partial charge in [-0.3, -0.25) is 9.59 Å². The molecule has 0 saturated heterocycles. The minimum Gasteiger partial charge on any atom is -0.481 e. The average molecular weight is 511 g/mol. The molecule has 0 radical (unpaired) electrons. The Kier molecular flexibility index (Phi) is 27.7. The number of carboxylic acid groups (broad SMARTS) is 2. The highest BCUT2D eigenvalue weighted by Gasteiger charge is 2.16. The smallest absolute Gasteiger partial charge is 0.306 e. The normalized spacial score (nSPS) is 12.1. The van der Waals surface area contributed by atoms with Gasteiger partial charge in [-0.05, 0) is 19.3 Å². The van der Waals surface area contributed by atoms with E-state index in [-0.39, 0.29) is 12.3 Å². The Bertz CT molecular complexity index is 477. The van der Waals surface area contributed by atoms with Crippen LogP contribution in [0.15, 0.2) is 0 Å². The predicted molar refractivity (Wildman–Crippen MR) is 154 cm³/mol. The summed E-state index contributed by atoms with van der Waals surface area (Å²) in [6.45, 7) is 2.28. The van der Waals surface area contributed by atoms with Gasteiger partial charge in [0.1, 0.15) is 0 Å². The molecule has 0 aliphatic heterocycles. The number of hydrogen-bond donors (Lipinski definition) is 2. The minimum absolute atomic E-state index is 0.165. The lowest BCUT2D eigenvalue weighted by molar-refractivity contribution is -0.142. The van der Waals surface area contributed by atoms with Crippen molar-refractivity contribution in [2.24, 2.45) is 5.92 Å². The van der Waals surface area contributed by atoms with Gasteiger partial charge in [0, 0.05) is 6.42 Å². The second-order valence-electron chi connectivity index (χ2n) is 11.2. The molecule has 36 heavy (non-hydrogen) atoms. The minimum atomic E-state index is -0.704. The summed E-state index contributed by atoms with van der Waals surface area (Å²) < 4.78 is 0. The van der Waals surface area contributed by atoms with Crippen molar-refractivity contribution in [2.75, 3.05) is 0 Å². The third-order valence-electron chi connectivity index (χ3n) is 7.70. The first-order valence-electron chi connectivity index (χ1n) is 16.0. The predicted octanol–water partition coefficient (Wildman–Crippen LogP) is 10.7. The zero-order chi connectivity index (χ0) is 26.5. The molecule has 214 valence electrons. The quantitative estimate of drug-likeness (QED) is 0.0942. The van der Waals surface area contributed by atoms with Crippen LogP contribution in [0.5, 0.6) is 0 Å². The van der Waals surface area contributed by atoms with E-state index in [4.69, 9.17) is 5.11 Å². The first kappa shape index (κ1) is 34.9. The number of aliphatic carboxylic acids is 2. The fraction of sp³-hybridized carbons (Fsp3) is 0.938. The molecule has 0 saturated carbocycles. The van der Waals surface area contributed by atoms with E-state index in [1.807, 2.05) is 0 Å². The highest BCUT2D eigenvalue weighted by molar-refractivity contribution is 5.69. The van der Waals surface area contributed by atoms with Crippen LogP contribution in [0, 0.1) is 5.92 Å². The van der Waals surface area contributed by atoms with Crippen LogP contribution < -0.4 is 0 Å². The van der Waals surface area contributed by atoms with Crippen molar-refractivity contribution < 1.29 is 19.8 Å². The van der Waals surface area contributed by atoms with E-state index in [9.17, 15) is 14.7 Å². The fourth-order valence-corrected chi connectivity index (χ4v) is 5.23. The van der Waals surface area contributed by atoms with Gasteiger partial charge in [0.25, 0.3) is 0 Å². The summed E-state index contributed by atoms with van der Waals surface area (Å²) in [6.07, 6.45) is 33.7. The third-order valence-corrected chi connectivity index (χ3v) is 7.70. The number of carbonyl (C=O) groups is 2. The summed E-state index contributed by atoms with van der Waals surface area (Å²) >= 11 is 0. The molecule has 1 atom stereocenters. The number of rotatable bonds is 30. The second kappa shape index (κ2) is 28.5. The maximum Gasteiger partial charge on any atom is 0.306 e. The third kappa shape index (κ3) is 27.5. The van der Waals surface area contributed by atoms with Crippen LogP contribution in [0.25, 0.3) is 0 Å². The molecule has 0 rings (SSSR count).